The predicted molar refractivity (Wildman–Crippen MR) is 127 cm³/mol. The molecule has 0 aliphatic carbocycles. The highest BCUT2D eigenvalue weighted by molar-refractivity contribution is 5.99. The van der Waals surface area contributed by atoms with Gasteiger partial charge in [-0.05, 0) is 38.7 Å². The summed E-state index contributed by atoms with van der Waals surface area (Å²) in [6.07, 6.45) is 0.185. The Morgan fingerprint density at radius 1 is 1.17 bits per heavy atom. The van der Waals surface area contributed by atoms with E-state index in [9.17, 15) is 22.8 Å². The number of hydrogen-bond donors (Lipinski definition) is 1. The zero-order chi connectivity index (χ0) is 25.4. The molecule has 1 aliphatic heterocycles. The number of nitrogens with one attached hydrogen (secondary N) is 1. The van der Waals surface area contributed by atoms with Crippen molar-refractivity contribution < 1.29 is 18.0 Å². The van der Waals surface area contributed by atoms with Crippen LogP contribution in [0.2, 0.25) is 0 Å². The number of pyridine rings is 1. The van der Waals surface area contributed by atoms with Gasteiger partial charge in [0.1, 0.15) is 29.2 Å². The van der Waals surface area contributed by atoms with Gasteiger partial charge >= 0.3 is 0 Å². The second-order valence-electron chi connectivity index (χ2n) is 9.29. The van der Waals surface area contributed by atoms with E-state index in [1.165, 1.54) is 36.1 Å². The molecule has 2 aromatic heterocycles. The van der Waals surface area contributed by atoms with Crippen LogP contribution in [0.4, 0.5) is 19.0 Å². The highest BCUT2D eigenvalue weighted by atomic mass is 19.3. The Hall–Kier alpha value is -3.43. The zero-order valence-corrected chi connectivity index (χ0v) is 20.1. The fourth-order valence-electron chi connectivity index (χ4n) is 4.62. The van der Waals surface area contributed by atoms with E-state index in [-0.39, 0.29) is 34.5 Å². The van der Waals surface area contributed by atoms with Gasteiger partial charge in [0, 0.05) is 25.2 Å². The Morgan fingerprint density at radius 2 is 1.89 bits per heavy atom. The zero-order valence-electron chi connectivity index (χ0n) is 20.1. The molecule has 2 unspecified atom stereocenters. The first-order chi connectivity index (χ1) is 16.6. The molecule has 10 heteroatoms. The lowest BCUT2D eigenvalue weighted by atomic mass is 9.94. The average molecular weight is 488 g/mol. The van der Waals surface area contributed by atoms with Crippen molar-refractivity contribution in [2.75, 3.05) is 11.9 Å². The molecule has 1 aliphatic rings. The van der Waals surface area contributed by atoms with Gasteiger partial charge < -0.3 is 10.2 Å². The van der Waals surface area contributed by atoms with Crippen molar-refractivity contribution in [1.29, 1.82) is 0 Å². The van der Waals surface area contributed by atoms with Gasteiger partial charge in [-0.15, -0.1) is 0 Å². The fraction of sp³-hybridized carbons (Fsp3) is 0.440. The van der Waals surface area contributed by atoms with Crippen molar-refractivity contribution in [3.63, 3.8) is 0 Å². The third kappa shape index (κ3) is 4.61. The van der Waals surface area contributed by atoms with Crippen LogP contribution < -0.4 is 10.9 Å². The number of piperidine rings is 1. The Balaban J connectivity index is 1.75. The number of halogens is 3. The molecule has 4 rings (SSSR count). The first-order valence-electron chi connectivity index (χ1n) is 11.6. The number of carbonyl (C=O) groups is 1. The van der Waals surface area contributed by atoms with Crippen LogP contribution in [0.1, 0.15) is 67.6 Å². The van der Waals surface area contributed by atoms with E-state index in [1.807, 2.05) is 6.92 Å². The normalized spacial score (nSPS) is 19.3. The number of hydrogen-bond acceptors (Lipinski definition) is 5. The number of alkyl halides is 2. The SMILES string of the molecule is CC1CCC(C)N(C(=O)c2cc3c(N[C@H](C)c4cccc(C(F)F)c4F)ncnc3n(C)c2=O)C1. The summed E-state index contributed by atoms with van der Waals surface area (Å²) in [5, 5.41) is 3.44. The van der Waals surface area contributed by atoms with Crippen molar-refractivity contribution in [3.05, 3.63) is 63.5 Å². The van der Waals surface area contributed by atoms with Gasteiger partial charge in [0.15, 0.2) is 0 Å². The van der Waals surface area contributed by atoms with E-state index >= 15 is 0 Å². The minimum absolute atomic E-state index is 0.00247. The second-order valence-corrected chi connectivity index (χ2v) is 9.29. The highest BCUT2D eigenvalue weighted by Gasteiger charge is 2.30. The number of carbonyl (C=O) groups excluding carboxylic acids is 1. The number of rotatable bonds is 5. The molecule has 1 N–H and O–H groups in total. The molecule has 0 saturated carbocycles. The molecule has 0 spiro atoms. The Morgan fingerprint density at radius 3 is 2.60 bits per heavy atom. The minimum Gasteiger partial charge on any atom is -0.363 e. The molecule has 1 saturated heterocycles. The van der Waals surface area contributed by atoms with Gasteiger partial charge in [0.05, 0.1) is 17.0 Å². The van der Waals surface area contributed by atoms with Crippen molar-refractivity contribution in [2.24, 2.45) is 13.0 Å². The van der Waals surface area contributed by atoms with Crippen LogP contribution in [-0.2, 0) is 7.05 Å². The number of benzene rings is 1. The molecule has 3 heterocycles. The molecule has 3 aromatic rings. The van der Waals surface area contributed by atoms with Crippen LogP contribution in [0.5, 0.6) is 0 Å². The topological polar surface area (TPSA) is 80.1 Å². The lowest BCUT2D eigenvalue weighted by Gasteiger charge is -2.36. The second kappa shape index (κ2) is 9.67. The van der Waals surface area contributed by atoms with Gasteiger partial charge in [-0.25, -0.2) is 23.1 Å². The van der Waals surface area contributed by atoms with E-state index in [4.69, 9.17) is 0 Å². The average Bonchev–Trinajstić information content (AvgIpc) is 2.82. The minimum atomic E-state index is -2.94. The highest BCUT2D eigenvalue weighted by Crippen LogP contribution is 2.30. The molecule has 7 nitrogen and oxygen atoms in total. The van der Waals surface area contributed by atoms with Crippen molar-refractivity contribution in [3.8, 4) is 0 Å². The van der Waals surface area contributed by atoms with Crippen molar-refractivity contribution in [2.45, 2.75) is 52.1 Å². The first kappa shape index (κ1) is 24.7. The van der Waals surface area contributed by atoms with E-state index in [0.717, 1.165) is 18.9 Å². The number of nitrogens with zero attached hydrogens (tertiary/aromatic N) is 4. The summed E-state index contributed by atoms with van der Waals surface area (Å²) in [6, 6.07) is 4.59. The number of fused-ring (bicyclic) bond motifs is 1. The van der Waals surface area contributed by atoms with Crippen molar-refractivity contribution in [1.82, 2.24) is 19.4 Å². The monoisotopic (exact) mass is 487 g/mol. The lowest BCUT2D eigenvalue weighted by Crippen LogP contribution is -2.46. The number of aryl methyl sites for hydroxylation is 1. The quantitative estimate of drug-likeness (QED) is 0.557. The molecule has 1 fully saturated rings. The van der Waals surface area contributed by atoms with Crippen LogP contribution in [0.3, 0.4) is 0 Å². The number of amides is 1. The van der Waals surface area contributed by atoms with Crippen molar-refractivity contribution >= 4 is 22.8 Å². The predicted octanol–water partition coefficient (Wildman–Crippen LogP) is 4.84. The maximum absolute atomic E-state index is 14.7. The molecule has 3 atom stereocenters. The van der Waals surface area contributed by atoms with E-state index in [2.05, 4.69) is 22.2 Å². The van der Waals surface area contributed by atoms with Gasteiger partial charge in [-0.3, -0.25) is 14.2 Å². The Kier molecular flexibility index (Phi) is 6.82. The summed E-state index contributed by atoms with van der Waals surface area (Å²) in [7, 11) is 1.52. The summed E-state index contributed by atoms with van der Waals surface area (Å²) < 4.78 is 42.3. The van der Waals surface area contributed by atoms with E-state index < -0.39 is 29.4 Å². The third-order valence-corrected chi connectivity index (χ3v) is 6.73. The molecular weight excluding hydrogens is 459 g/mol. The fourth-order valence-corrected chi connectivity index (χ4v) is 4.62. The van der Waals surface area contributed by atoms with E-state index in [1.54, 1.807) is 11.8 Å². The van der Waals surface area contributed by atoms with Crippen LogP contribution in [-0.4, -0.2) is 37.9 Å². The van der Waals surface area contributed by atoms with Crippen LogP contribution in [0.15, 0.2) is 35.4 Å². The lowest BCUT2D eigenvalue weighted by molar-refractivity contribution is 0.0572. The largest absolute Gasteiger partial charge is 0.363 e. The van der Waals surface area contributed by atoms with Crippen LogP contribution in [0.25, 0.3) is 11.0 Å². The summed E-state index contributed by atoms with van der Waals surface area (Å²) in [5.74, 6) is -0.753. The number of anilines is 1. The molecular formula is C25H28F3N5O2. The summed E-state index contributed by atoms with van der Waals surface area (Å²) in [4.78, 5) is 36.6. The van der Waals surface area contributed by atoms with Gasteiger partial charge in [-0.2, -0.15) is 0 Å². The van der Waals surface area contributed by atoms with E-state index in [0.29, 0.717) is 17.8 Å². The summed E-state index contributed by atoms with van der Waals surface area (Å²) >= 11 is 0. The molecule has 1 aromatic carbocycles. The number of aromatic nitrogens is 3. The third-order valence-electron chi connectivity index (χ3n) is 6.73. The molecule has 1 amide bonds. The smallest absolute Gasteiger partial charge is 0.266 e. The standard InChI is InChI=1S/C25H28F3N5O2/c1-13-8-9-14(2)33(11-13)25(35)19-10-18-22(29-12-30-23(18)32(4)24(19)34)31-15(3)16-6-5-7-17(20(16)26)21(27)28/h5-7,10,12-15,21H,8-9,11H2,1-4H3,(H,29,30,31)/t13?,14?,15-/m1/s1. The van der Waals surface area contributed by atoms with Crippen LogP contribution in [0, 0.1) is 11.7 Å². The maximum Gasteiger partial charge on any atom is 0.266 e. The summed E-state index contributed by atoms with van der Waals surface area (Å²) in [5.41, 5.74) is -0.813. The van der Waals surface area contributed by atoms with Gasteiger partial charge in [0.25, 0.3) is 17.9 Å². The molecule has 35 heavy (non-hydrogen) atoms. The number of likely N-dealkylation sites (tertiary alicyclic amines) is 1. The summed E-state index contributed by atoms with van der Waals surface area (Å²) in [6.45, 7) is 6.22. The Bertz CT molecular complexity index is 1330. The first-order valence-corrected chi connectivity index (χ1v) is 11.6. The molecule has 186 valence electrons. The van der Waals surface area contributed by atoms with Gasteiger partial charge in [0.2, 0.25) is 0 Å². The Labute approximate surface area is 201 Å². The molecule has 0 radical (unpaired) electrons. The van der Waals surface area contributed by atoms with Crippen LogP contribution >= 0.6 is 0 Å². The maximum atomic E-state index is 14.7. The molecule has 0 bridgehead atoms. The van der Waals surface area contributed by atoms with Gasteiger partial charge in [-0.1, -0.05) is 25.1 Å².